The smallest absolute Gasteiger partial charge is 0.306 e. The zero-order valence-corrected chi connectivity index (χ0v) is 43.2. The molecule has 0 saturated carbocycles. The van der Waals surface area contributed by atoms with Gasteiger partial charge in [0.1, 0.15) is 6.10 Å². The van der Waals surface area contributed by atoms with Gasteiger partial charge in [-0.1, -0.05) is 270 Å². The second-order valence-electron chi connectivity index (χ2n) is 19.7. The first-order chi connectivity index (χ1) is 31.5. The topological polar surface area (TPSA) is 95.9 Å². The predicted octanol–water partition coefficient (Wildman–Crippen LogP) is 17.5. The molecule has 0 aromatic heterocycles. The summed E-state index contributed by atoms with van der Waals surface area (Å²) in [7, 11) is 0. The molecule has 0 aliphatic rings. The number of ether oxygens (including phenoxy) is 1. The van der Waals surface area contributed by atoms with Crippen LogP contribution in [0.15, 0.2) is 24.3 Å². The predicted molar refractivity (Wildman–Crippen MR) is 278 cm³/mol. The standard InChI is InChI=1S/C58H111NO5/c1-4-7-10-13-16-19-22-25-27-28-29-31-33-36-39-42-45-48-51-58(63)64-54(49-46-43-40-37-34-24-21-18-15-12-9-6-3)52-57(62)59-55(53-60)56(61)50-47-44-41-38-35-32-30-26-23-20-17-14-11-8-5-2/h27-29,31,54-56,60-61H,4-26,30,32-53H2,1-3H3,(H,59,62)/b28-27+,31-29+. The normalized spacial score (nSPS) is 13.3. The van der Waals surface area contributed by atoms with Gasteiger partial charge in [-0.25, -0.2) is 0 Å². The summed E-state index contributed by atoms with van der Waals surface area (Å²) in [6, 6.07) is -0.700. The van der Waals surface area contributed by atoms with E-state index in [2.05, 4.69) is 50.4 Å². The van der Waals surface area contributed by atoms with Gasteiger partial charge in [-0.05, 0) is 51.4 Å². The van der Waals surface area contributed by atoms with Crippen molar-refractivity contribution in [2.24, 2.45) is 0 Å². The van der Waals surface area contributed by atoms with Crippen LogP contribution in [0, 0.1) is 0 Å². The quantitative estimate of drug-likeness (QED) is 0.0321. The number of hydrogen-bond acceptors (Lipinski definition) is 5. The lowest BCUT2D eigenvalue weighted by Crippen LogP contribution is -2.46. The SMILES string of the molecule is CCCCCCCCC/C=C/C=C/CCCCCCCC(=O)OC(CCCCCCCCCCCCCC)CC(=O)NC(CO)C(O)CCCCCCCCCCCCCCCCC. The molecule has 3 atom stereocenters. The Bertz CT molecular complexity index is 1010. The lowest BCUT2D eigenvalue weighted by molar-refractivity contribution is -0.151. The highest BCUT2D eigenvalue weighted by molar-refractivity contribution is 5.77. The van der Waals surface area contributed by atoms with E-state index in [0.29, 0.717) is 19.3 Å². The Hall–Kier alpha value is -1.66. The molecule has 0 radical (unpaired) electrons. The molecule has 0 fully saturated rings. The first kappa shape index (κ1) is 62.3. The number of aliphatic hydroxyl groups is 2. The van der Waals surface area contributed by atoms with Crippen molar-refractivity contribution in [3.8, 4) is 0 Å². The van der Waals surface area contributed by atoms with Gasteiger partial charge in [-0.15, -0.1) is 0 Å². The number of aliphatic hydroxyl groups excluding tert-OH is 2. The maximum atomic E-state index is 13.2. The van der Waals surface area contributed by atoms with Gasteiger partial charge in [0.2, 0.25) is 5.91 Å². The summed E-state index contributed by atoms with van der Waals surface area (Å²) in [5.41, 5.74) is 0. The van der Waals surface area contributed by atoms with E-state index in [1.54, 1.807) is 0 Å². The molecule has 3 unspecified atom stereocenters. The minimum absolute atomic E-state index is 0.0772. The number of hydrogen-bond donors (Lipinski definition) is 3. The molecule has 0 aliphatic heterocycles. The Labute approximate surface area is 399 Å². The molecular formula is C58H111NO5. The average Bonchev–Trinajstić information content (AvgIpc) is 3.29. The van der Waals surface area contributed by atoms with Gasteiger partial charge in [-0.3, -0.25) is 9.59 Å². The van der Waals surface area contributed by atoms with E-state index in [0.717, 1.165) is 51.4 Å². The molecular weight excluding hydrogens is 791 g/mol. The van der Waals surface area contributed by atoms with Crippen molar-refractivity contribution in [3.05, 3.63) is 24.3 Å². The largest absolute Gasteiger partial charge is 0.462 e. The number of rotatable bonds is 52. The molecule has 0 rings (SSSR count). The molecule has 3 N–H and O–H groups in total. The number of carbonyl (C=O) groups excluding carboxylic acids is 2. The maximum absolute atomic E-state index is 13.2. The van der Waals surface area contributed by atoms with Gasteiger partial charge in [-0.2, -0.15) is 0 Å². The highest BCUT2D eigenvalue weighted by Crippen LogP contribution is 2.19. The third kappa shape index (κ3) is 46.9. The van der Waals surface area contributed by atoms with E-state index in [-0.39, 0.29) is 24.9 Å². The molecule has 64 heavy (non-hydrogen) atoms. The Morgan fingerprint density at radius 3 is 1.16 bits per heavy atom. The lowest BCUT2D eigenvalue weighted by Gasteiger charge is -2.24. The van der Waals surface area contributed by atoms with Crippen LogP contribution >= 0.6 is 0 Å². The summed E-state index contributed by atoms with van der Waals surface area (Å²) in [5.74, 6) is -0.473. The van der Waals surface area contributed by atoms with Gasteiger partial charge in [0.25, 0.3) is 0 Å². The number of unbranched alkanes of at least 4 members (excludes halogenated alkanes) is 37. The number of amides is 1. The van der Waals surface area contributed by atoms with Crippen LogP contribution in [0.3, 0.4) is 0 Å². The van der Waals surface area contributed by atoms with Crippen molar-refractivity contribution < 1.29 is 24.5 Å². The Morgan fingerprint density at radius 2 is 0.781 bits per heavy atom. The molecule has 6 nitrogen and oxygen atoms in total. The number of esters is 1. The summed E-state index contributed by atoms with van der Waals surface area (Å²) in [5, 5.41) is 23.9. The van der Waals surface area contributed by atoms with Gasteiger partial charge in [0, 0.05) is 6.42 Å². The molecule has 6 heteroatoms. The third-order valence-electron chi connectivity index (χ3n) is 13.3. The highest BCUT2D eigenvalue weighted by Gasteiger charge is 2.24. The number of carbonyl (C=O) groups is 2. The van der Waals surface area contributed by atoms with Gasteiger partial charge < -0.3 is 20.3 Å². The minimum Gasteiger partial charge on any atom is -0.462 e. The van der Waals surface area contributed by atoms with Crippen molar-refractivity contribution in [2.45, 2.75) is 328 Å². The summed E-state index contributed by atoms with van der Waals surface area (Å²) >= 11 is 0. The lowest BCUT2D eigenvalue weighted by atomic mass is 10.0. The second-order valence-corrected chi connectivity index (χ2v) is 19.7. The van der Waals surface area contributed by atoms with Crippen molar-refractivity contribution >= 4 is 11.9 Å². The maximum Gasteiger partial charge on any atom is 0.306 e. The van der Waals surface area contributed by atoms with Crippen LogP contribution in [-0.4, -0.2) is 46.9 Å². The zero-order valence-electron chi connectivity index (χ0n) is 43.2. The fraction of sp³-hybridized carbons (Fsp3) is 0.897. The van der Waals surface area contributed by atoms with Crippen LogP contribution in [0.1, 0.15) is 310 Å². The first-order valence-electron chi connectivity index (χ1n) is 28.6. The summed E-state index contributed by atoms with van der Waals surface area (Å²) in [4.78, 5) is 26.2. The van der Waals surface area contributed by atoms with Crippen LogP contribution < -0.4 is 5.32 Å². The monoisotopic (exact) mass is 902 g/mol. The molecule has 1 amide bonds. The van der Waals surface area contributed by atoms with Crippen LogP contribution in [0.2, 0.25) is 0 Å². The van der Waals surface area contributed by atoms with Crippen molar-refractivity contribution in [3.63, 3.8) is 0 Å². The van der Waals surface area contributed by atoms with E-state index >= 15 is 0 Å². The van der Waals surface area contributed by atoms with E-state index in [1.807, 2.05) is 0 Å². The molecule has 0 saturated heterocycles. The van der Waals surface area contributed by atoms with Gasteiger partial charge >= 0.3 is 5.97 Å². The van der Waals surface area contributed by atoms with E-state index in [9.17, 15) is 19.8 Å². The Kier molecular flexibility index (Phi) is 51.0. The van der Waals surface area contributed by atoms with Gasteiger partial charge in [0.05, 0.1) is 25.2 Å². The summed E-state index contributed by atoms with van der Waals surface area (Å²) in [6.07, 6.45) is 61.0. The highest BCUT2D eigenvalue weighted by atomic mass is 16.5. The van der Waals surface area contributed by atoms with Gasteiger partial charge in [0.15, 0.2) is 0 Å². The summed E-state index contributed by atoms with van der Waals surface area (Å²) in [6.45, 7) is 6.51. The molecule has 0 spiro atoms. The van der Waals surface area contributed by atoms with E-state index in [4.69, 9.17) is 4.74 Å². The van der Waals surface area contributed by atoms with Crippen LogP contribution in [0.25, 0.3) is 0 Å². The molecule has 0 aliphatic carbocycles. The first-order valence-corrected chi connectivity index (χ1v) is 28.6. The van der Waals surface area contributed by atoms with Crippen LogP contribution in [0.5, 0.6) is 0 Å². The van der Waals surface area contributed by atoms with E-state index in [1.165, 1.54) is 212 Å². The average molecular weight is 903 g/mol. The van der Waals surface area contributed by atoms with Crippen LogP contribution in [-0.2, 0) is 14.3 Å². The minimum atomic E-state index is -0.786. The molecule has 378 valence electrons. The zero-order chi connectivity index (χ0) is 46.7. The molecule has 0 aromatic carbocycles. The van der Waals surface area contributed by atoms with Crippen molar-refractivity contribution in [1.82, 2.24) is 5.32 Å². The third-order valence-corrected chi connectivity index (χ3v) is 13.3. The number of allylic oxidation sites excluding steroid dienone is 4. The molecule has 0 heterocycles. The molecule has 0 aromatic rings. The van der Waals surface area contributed by atoms with Crippen molar-refractivity contribution in [2.75, 3.05) is 6.61 Å². The van der Waals surface area contributed by atoms with E-state index < -0.39 is 18.2 Å². The Balaban J connectivity index is 4.50. The molecule has 0 bridgehead atoms. The fourth-order valence-electron chi connectivity index (χ4n) is 8.95. The second kappa shape index (κ2) is 52.3. The fourth-order valence-corrected chi connectivity index (χ4v) is 8.95. The van der Waals surface area contributed by atoms with Crippen molar-refractivity contribution in [1.29, 1.82) is 0 Å². The van der Waals surface area contributed by atoms with Crippen LogP contribution in [0.4, 0.5) is 0 Å². The number of nitrogens with one attached hydrogen (secondary N) is 1. The Morgan fingerprint density at radius 1 is 0.453 bits per heavy atom. The summed E-state index contributed by atoms with van der Waals surface area (Å²) < 4.78 is 5.95.